The van der Waals surface area contributed by atoms with Crippen LogP contribution in [0.1, 0.15) is 13.3 Å². The van der Waals surface area contributed by atoms with Gasteiger partial charge < -0.3 is 4.74 Å². The number of alkyl halides is 2. The molecular formula is C9H11BrCl2O2. The minimum absolute atomic E-state index is 0.250. The fourth-order valence-electron chi connectivity index (χ4n) is 0.539. The molecule has 5 heteroatoms. The first-order chi connectivity index (χ1) is 6.47. The smallest absolute Gasteiger partial charge is 0.339 e. The molecule has 0 heterocycles. The number of hydrogen-bond donors (Lipinski definition) is 0. The minimum atomic E-state index is -0.483. The Hall–Kier alpha value is 0.01000. The fourth-order valence-corrected chi connectivity index (χ4v) is 1.73. The third-order valence-electron chi connectivity index (χ3n) is 1.24. The minimum Gasteiger partial charge on any atom is -0.416 e. The van der Waals surface area contributed by atoms with Crippen molar-refractivity contribution in [2.75, 3.05) is 5.88 Å². The summed E-state index contributed by atoms with van der Waals surface area (Å²) in [4.78, 5) is 11.0. The standard InChI is InChI=1S/C9H11BrCl2O2/c1-6(2)9(13)14-8(10)5-7(12)3-4-11/h5,7H,1,3-4H2,2H3. The molecule has 0 aliphatic heterocycles. The second kappa shape index (κ2) is 7.32. The molecule has 0 radical (unpaired) electrons. The van der Waals surface area contributed by atoms with Crippen LogP contribution < -0.4 is 0 Å². The quantitative estimate of drug-likeness (QED) is 0.336. The highest BCUT2D eigenvalue weighted by Gasteiger charge is 2.07. The van der Waals surface area contributed by atoms with E-state index in [1.807, 2.05) is 0 Å². The van der Waals surface area contributed by atoms with E-state index in [4.69, 9.17) is 27.9 Å². The molecule has 0 bridgehead atoms. The second-order valence-corrected chi connectivity index (χ2v) is 4.35. The van der Waals surface area contributed by atoms with Gasteiger partial charge in [0.25, 0.3) is 0 Å². The fraction of sp³-hybridized carbons (Fsp3) is 0.444. The zero-order chi connectivity index (χ0) is 11.1. The van der Waals surface area contributed by atoms with E-state index in [0.717, 1.165) is 0 Å². The topological polar surface area (TPSA) is 26.3 Å². The first-order valence-corrected chi connectivity index (χ1v) is 5.68. The number of carbonyl (C=O) groups excluding carboxylic acids is 1. The first kappa shape index (κ1) is 14.0. The van der Waals surface area contributed by atoms with Gasteiger partial charge in [-0.15, -0.1) is 23.2 Å². The van der Waals surface area contributed by atoms with Crippen LogP contribution in [0, 0.1) is 0 Å². The predicted molar refractivity (Wildman–Crippen MR) is 62.9 cm³/mol. The van der Waals surface area contributed by atoms with Crippen LogP contribution >= 0.6 is 39.1 Å². The zero-order valence-electron chi connectivity index (χ0n) is 7.73. The number of halogens is 3. The molecule has 1 unspecified atom stereocenters. The van der Waals surface area contributed by atoms with Crippen molar-refractivity contribution in [1.82, 2.24) is 0 Å². The van der Waals surface area contributed by atoms with Crippen LogP contribution in [0.15, 0.2) is 22.9 Å². The molecule has 0 aromatic carbocycles. The van der Waals surface area contributed by atoms with Gasteiger partial charge >= 0.3 is 5.97 Å². The summed E-state index contributed by atoms with van der Waals surface area (Å²) in [6.07, 6.45) is 2.19. The van der Waals surface area contributed by atoms with Gasteiger partial charge in [-0.3, -0.25) is 0 Å². The largest absolute Gasteiger partial charge is 0.416 e. The lowest BCUT2D eigenvalue weighted by atomic mass is 10.3. The number of carbonyl (C=O) groups is 1. The number of ether oxygens (including phenoxy) is 1. The Morgan fingerprint density at radius 2 is 2.29 bits per heavy atom. The van der Waals surface area contributed by atoms with Crippen LogP contribution in [0.5, 0.6) is 0 Å². The Morgan fingerprint density at radius 3 is 2.71 bits per heavy atom. The van der Waals surface area contributed by atoms with Crippen molar-refractivity contribution in [3.63, 3.8) is 0 Å². The summed E-state index contributed by atoms with van der Waals surface area (Å²) in [6.45, 7) is 5.02. The van der Waals surface area contributed by atoms with Crippen LogP contribution in [0.2, 0.25) is 0 Å². The van der Waals surface area contributed by atoms with Gasteiger partial charge in [-0.2, -0.15) is 0 Å². The third kappa shape index (κ3) is 6.46. The van der Waals surface area contributed by atoms with Crippen molar-refractivity contribution in [1.29, 1.82) is 0 Å². The van der Waals surface area contributed by atoms with Crippen LogP contribution in [-0.2, 0) is 9.53 Å². The molecule has 0 aromatic rings. The van der Waals surface area contributed by atoms with Crippen LogP contribution in [0.3, 0.4) is 0 Å². The van der Waals surface area contributed by atoms with E-state index in [9.17, 15) is 4.79 Å². The van der Waals surface area contributed by atoms with Crippen LogP contribution in [0.25, 0.3) is 0 Å². The number of hydrogen-bond acceptors (Lipinski definition) is 2. The summed E-state index contributed by atoms with van der Waals surface area (Å²) in [5, 5.41) is -0.250. The highest BCUT2D eigenvalue weighted by Crippen LogP contribution is 2.15. The van der Waals surface area contributed by atoms with Crippen molar-refractivity contribution in [2.45, 2.75) is 18.7 Å². The maximum atomic E-state index is 11.0. The van der Waals surface area contributed by atoms with Crippen molar-refractivity contribution >= 4 is 45.1 Å². The average Bonchev–Trinajstić information content (AvgIpc) is 2.03. The number of allylic oxidation sites excluding steroid dienone is 1. The highest BCUT2D eigenvalue weighted by atomic mass is 79.9. The van der Waals surface area contributed by atoms with E-state index >= 15 is 0 Å². The van der Waals surface area contributed by atoms with Crippen LogP contribution in [-0.4, -0.2) is 17.2 Å². The van der Waals surface area contributed by atoms with Gasteiger partial charge in [0.05, 0.1) is 5.38 Å². The maximum Gasteiger partial charge on any atom is 0.339 e. The molecule has 0 saturated heterocycles. The monoisotopic (exact) mass is 300 g/mol. The highest BCUT2D eigenvalue weighted by molar-refractivity contribution is 9.11. The lowest BCUT2D eigenvalue weighted by Gasteiger charge is -2.04. The molecular weight excluding hydrogens is 291 g/mol. The van der Waals surface area contributed by atoms with E-state index in [2.05, 4.69) is 22.5 Å². The summed E-state index contributed by atoms with van der Waals surface area (Å²) >= 11 is 14.4. The Labute approximate surface area is 102 Å². The van der Waals surface area contributed by atoms with Gasteiger partial charge in [-0.1, -0.05) is 6.58 Å². The molecule has 14 heavy (non-hydrogen) atoms. The summed E-state index contributed by atoms with van der Waals surface area (Å²) < 4.78 is 5.13. The summed E-state index contributed by atoms with van der Waals surface area (Å²) in [5.74, 6) is -0.0257. The molecule has 1 atom stereocenters. The van der Waals surface area contributed by atoms with Gasteiger partial charge in [0.2, 0.25) is 0 Å². The van der Waals surface area contributed by atoms with Gasteiger partial charge in [0.1, 0.15) is 0 Å². The molecule has 0 fully saturated rings. The van der Waals surface area contributed by atoms with E-state index < -0.39 is 5.97 Å². The Morgan fingerprint density at radius 1 is 1.71 bits per heavy atom. The molecule has 0 aliphatic rings. The van der Waals surface area contributed by atoms with E-state index in [1.54, 1.807) is 13.0 Å². The Kier molecular flexibility index (Phi) is 7.33. The Balaban J connectivity index is 4.12. The molecule has 0 aliphatic carbocycles. The summed E-state index contributed by atoms with van der Waals surface area (Å²) in [5.41, 5.74) is 0.332. The molecule has 80 valence electrons. The lowest BCUT2D eigenvalue weighted by molar-refractivity contribution is -0.133. The molecule has 0 saturated carbocycles. The van der Waals surface area contributed by atoms with Crippen molar-refractivity contribution in [3.05, 3.63) is 22.9 Å². The average molecular weight is 302 g/mol. The van der Waals surface area contributed by atoms with Crippen molar-refractivity contribution in [2.24, 2.45) is 0 Å². The molecule has 0 aromatic heterocycles. The predicted octanol–water partition coefficient (Wildman–Crippen LogP) is 3.58. The van der Waals surface area contributed by atoms with E-state index in [-0.39, 0.29) is 10.0 Å². The molecule has 0 rings (SSSR count). The SMILES string of the molecule is C=C(C)C(=O)OC(Br)=CC(Cl)CCCl. The molecule has 0 N–H and O–H groups in total. The molecule has 2 nitrogen and oxygen atoms in total. The van der Waals surface area contributed by atoms with Gasteiger partial charge in [-0.05, 0) is 35.4 Å². The summed E-state index contributed by atoms with van der Waals surface area (Å²) in [7, 11) is 0. The zero-order valence-corrected chi connectivity index (χ0v) is 10.8. The summed E-state index contributed by atoms with van der Waals surface area (Å²) in [6, 6.07) is 0. The van der Waals surface area contributed by atoms with E-state index in [0.29, 0.717) is 17.9 Å². The first-order valence-electron chi connectivity index (χ1n) is 3.92. The number of esters is 1. The lowest BCUT2D eigenvalue weighted by Crippen LogP contribution is -2.04. The molecule has 0 amide bonds. The second-order valence-electron chi connectivity index (χ2n) is 2.63. The van der Waals surface area contributed by atoms with Gasteiger partial charge in [0.15, 0.2) is 4.67 Å². The van der Waals surface area contributed by atoms with Gasteiger partial charge in [0, 0.05) is 11.5 Å². The normalized spacial score (nSPS) is 13.6. The Bertz CT molecular complexity index is 251. The molecule has 0 spiro atoms. The third-order valence-corrected chi connectivity index (χ3v) is 2.22. The van der Waals surface area contributed by atoms with Crippen molar-refractivity contribution < 1.29 is 9.53 Å². The van der Waals surface area contributed by atoms with Crippen LogP contribution in [0.4, 0.5) is 0 Å². The van der Waals surface area contributed by atoms with Crippen molar-refractivity contribution in [3.8, 4) is 0 Å². The maximum absolute atomic E-state index is 11.0. The van der Waals surface area contributed by atoms with Gasteiger partial charge in [-0.25, -0.2) is 4.79 Å². The van der Waals surface area contributed by atoms with E-state index in [1.165, 1.54) is 0 Å². The number of rotatable bonds is 5.